The number of fused-ring (bicyclic) bond motifs is 1. The van der Waals surface area contributed by atoms with Gasteiger partial charge in [-0.25, -0.2) is 10.5 Å². The number of ether oxygens (including phenoxy) is 4. The number of benzene rings is 1. The van der Waals surface area contributed by atoms with Gasteiger partial charge in [-0.2, -0.15) is 0 Å². The van der Waals surface area contributed by atoms with Crippen LogP contribution in [0.3, 0.4) is 0 Å². The number of hydrazine groups is 1. The lowest BCUT2D eigenvalue weighted by Crippen LogP contribution is -2.30. The molecule has 0 aliphatic carbocycles. The van der Waals surface area contributed by atoms with Crippen LogP contribution in [0.2, 0.25) is 0 Å². The molecule has 2 rings (SSSR count). The van der Waals surface area contributed by atoms with Gasteiger partial charge in [0, 0.05) is 12.1 Å². The third-order valence-electron chi connectivity index (χ3n) is 3.80. The summed E-state index contributed by atoms with van der Waals surface area (Å²) in [6.07, 6.45) is 0.222. The van der Waals surface area contributed by atoms with Gasteiger partial charge >= 0.3 is 0 Å². The molecule has 0 unspecified atom stereocenters. The normalized spacial score (nSPS) is 11.0. The number of hydrogen-bond acceptors (Lipinski definition) is 10. The SMILES string of the molecule is NNC(=O)CCOCCOCCOCCOCCNC(=O)c1ccc2nonc2c1. The molecule has 0 atom stereocenters. The summed E-state index contributed by atoms with van der Waals surface area (Å²) in [7, 11) is 0. The topological polar surface area (TPSA) is 160 Å². The highest BCUT2D eigenvalue weighted by atomic mass is 16.6. The van der Waals surface area contributed by atoms with E-state index in [-0.39, 0.29) is 18.2 Å². The van der Waals surface area contributed by atoms with Crippen molar-refractivity contribution in [3.05, 3.63) is 23.8 Å². The van der Waals surface area contributed by atoms with Crippen molar-refractivity contribution in [2.75, 3.05) is 59.4 Å². The van der Waals surface area contributed by atoms with E-state index in [1.807, 2.05) is 5.43 Å². The van der Waals surface area contributed by atoms with Crippen molar-refractivity contribution in [3.63, 3.8) is 0 Å². The third kappa shape index (κ3) is 9.24. The van der Waals surface area contributed by atoms with Crippen LogP contribution in [0.4, 0.5) is 0 Å². The number of rotatable bonds is 16. The molecule has 30 heavy (non-hydrogen) atoms. The van der Waals surface area contributed by atoms with Gasteiger partial charge in [-0.15, -0.1) is 0 Å². The largest absolute Gasteiger partial charge is 0.379 e. The van der Waals surface area contributed by atoms with Gasteiger partial charge in [0.05, 0.1) is 59.3 Å². The maximum absolute atomic E-state index is 12.1. The van der Waals surface area contributed by atoms with Crippen LogP contribution in [0.25, 0.3) is 11.0 Å². The zero-order chi connectivity index (χ0) is 21.4. The van der Waals surface area contributed by atoms with Gasteiger partial charge < -0.3 is 24.3 Å². The molecule has 0 bridgehead atoms. The van der Waals surface area contributed by atoms with E-state index in [1.165, 1.54) is 0 Å². The van der Waals surface area contributed by atoms with Gasteiger partial charge in [0.1, 0.15) is 11.0 Å². The van der Waals surface area contributed by atoms with E-state index in [2.05, 4.69) is 20.3 Å². The van der Waals surface area contributed by atoms with Gasteiger partial charge in [0.25, 0.3) is 5.91 Å². The van der Waals surface area contributed by atoms with Gasteiger partial charge in [-0.3, -0.25) is 15.0 Å². The molecule has 0 spiro atoms. The van der Waals surface area contributed by atoms with E-state index in [4.69, 9.17) is 24.8 Å². The quantitative estimate of drug-likeness (QED) is 0.137. The minimum atomic E-state index is -0.267. The highest BCUT2D eigenvalue weighted by molar-refractivity contribution is 5.97. The first kappa shape index (κ1) is 23.6. The Bertz CT molecular complexity index is 770. The number of nitrogens with one attached hydrogen (secondary N) is 2. The van der Waals surface area contributed by atoms with Gasteiger partial charge in [0.2, 0.25) is 5.91 Å². The maximum Gasteiger partial charge on any atom is 0.251 e. The summed E-state index contributed by atoms with van der Waals surface area (Å²) in [6.45, 7) is 3.59. The van der Waals surface area contributed by atoms with Crippen molar-refractivity contribution >= 4 is 22.8 Å². The fourth-order valence-electron chi connectivity index (χ4n) is 2.26. The average Bonchev–Trinajstić information content (AvgIpc) is 3.23. The zero-order valence-corrected chi connectivity index (χ0v) is 16.6. The molecule has 1 aromatic heterocycles. The molecule has 0 fully saturated rings. The summed E-state index contributed by atoms with van der Waals surface area (Å²) in [5.41, 5.74) is 3.64. The number of carbonyl (C=O) groups is 2. The summed E-state index contributed by atoms with van der Waals surface area (Å²) in [5.74, 6) is 4.46. The molecule has 1 heterocycles. The Morgan fingerprint density at radius 1 is 0.867 bits per heavy atom. The van der Waals surface area contributed by atoms with Crippen LogP contribution in [-0.2, 0) is 23.7 Å². The zero-order valence-electron chi connectivity index (χ0n) is 16.6. The standard InChI is InChI=1S/C18H27N5O7/c19-21-17(24)3-5-26-7-9-28-11-12-29-10-8-27-6-4-20-18(25)14-1-2-15-16(13-14)23-30-22-15/h1-2,13H,3-12,19H2,(H,20,25)(H,21,24). The summed E-state index contributed by atoms with van der Waals surface area (Å²) in [4.78, 5) is 22.9. The van der Waals surface area contributed by atoms with Crippen LogP contribution in [0.1, 0.15) is 16.8 Å². The minimum absolute atomic E-state index is 0.219. The second-order valence-electron chi connectivity index (χ2n) is 5.99. The van der Waals surface area contributed by atoms with Crippen molar-refractivity contribution in [1.29, 1.82) is 0 Å². The van der Waals surface area contributed by atoms with Gasteiger partial charge in [-0.1, -0.05) is 0 Å². The Kier molecular flexibility index (Phi) is 11.3. The number of nitrogens with two attached hydrogens (primary N) is 1. The van der Waals surface area contributed by atoms with Crippen molar-refractivity contribution in [3.8, 4) is 0 Å². The summed E-state index contributed by atoms with van der Waals surface area (Å²) < 4.78 is 25.9. The molecule has 4 N–H and O–H groups in total. The molecule has 2 aromatic rings. The number of hydrogen-bond donors (Lipinski definition) is 3. The molecule has 0 saturated heterocycles. The Morgan fingerprint density at radius 2 is 1.47 bits per heavy atom. The Balaban J connectivity index is 1.36. The Hall–Kier alpha value is -2.64. The van der Waals surface area contributed by atoms with E-state index in [9.17, 15) is 9.59 Å². The number of amides is 2. The first-order valence-electron chi connectivity index (χ1n) is 9.51. The molecule has 166 valence electrons. The van der Waals surface area contributed by atoms with Crippen molar-refractivity contribution < 1.29 is 33.2 Å². The van der Waals surface area contributed by atoms with Crippen LogP contribution >= 0.6 is 0 Å². The number of aromatic nitrogens is 2. The van der Waals surface area contributed by atoms with Crippen LogP contribution in [0.5, 0.6) is 0 Å². The van der Waals surface area contributed by atoms with Crippen LogP contribution in [-0.4, -0.2) is 81.5 Å². The van der Waals surface area contributed by atoms with Crippen LogP contribution in [0, 0.1) is 0 Å². The Labute approximate surface area is 173 Å². The van der Waals surface area contributed by atoms with Crippen molar-refractivity contribution in [2.45, 2.75) is 6.42 Å². The fourth-order valence-corrected chi connectivity index (χ4v) is 2.26. The predicted octanol–water partition coefficient (Wildman–Crippen LogP) is -0.601. The van der Waals surface area contributed by atoms with E-state index in [0.29, 0.717) is 76.0 Å². The lowest BCUT2D eigenvalue weighted by Gasteiger charge is -2.08. The maximum atomic E-state index is 12.1. The van der Waals surface area contributed by atoms with E-state index >= 15 is 0 Å². The molecule has 2 amide bonds. The highest BCUT2D eigenvalue weighted by Crippen LogP contribution is 2.11. The fraction of sp³-hybridized carbons (Fsp3) is 0.556. The molecule has 12 heteroatoms. The van der Waals surface area contributed by atoms with Crippen molar-refractivity contribution in [2.24, 2.45) is 5.84 Å². The van der Waals surface area contributed by atoms with Gasteiger partial charge in [0.15, 0.2) is 0 Å². The van der Waals surface area contributed by atoms with Crippen LogP contribution < -0.4 is 16.6 Å². The number of nitrogens with zero attached hydrogens (tertiary/aromatic N) is 2. The second-order valence-corrected chi connectivity index (χ2v) is 5.99. The molecule has 1 aromatic carbocycles. The first-order chi connectivity index (χ1) is 14.7. The molecular weight excluding hydrogens is 398 g/mol. The summed E-state index contributed by atoms with van der Waals surface area (Å²) in [5, 5.41) is 10.2. The highest BCUT2D eigenvalue weighted by Gasteiger charge is 2.08. The van der Waals surface area contributed by atoms with E-state index in [1.54, 1.807) is 18.2 Å². The van der Waals surface area contributed by atoms with Crippen LogP contribution in [0.15, 0.2) is 22.8 Å². The molecule has 0 aliphatic rings. The average molecular weight is 425 g/mol. The molecule has 0 saturated carbocycles. The molecular formula is C18H27N5O7. The Morgan fingerprint density at radius 3 is 2.13 bits per heavy atom. The lowest BCUT2D eigenvalue weighted by atomic mass is 10.2. The molecule has 12 nitrogen and oxygen atoms in total. The summed E-state index contributed by atoms with van der Waals surface area (Å²) >= 11 is 0. The van der Waals surface area contributed by atoms with E-state index in [0.717, 1.165) is 0 Å². The van der Waals surface area contributed by atoms with Crippen molar-refractivity contribution in [1.82, 2.24) is 21.1 Å². The first-order valence-corrected chi connectivity index (χ1v) is 9.51. The smallest absolute Gasteiger partial charge is 0.251 e. The predicted molar refractivity (Wildman–Crippen MR) is 104 cm³/mol. The minimum Gasteiger partial charge on any atom is -0.379 e. The molecule has 0 aliphatic heterocycles. The number of carbonyl (C=O) groups excluding carboxylic acids is 2. The monoisotopic (exact) mass is 425 g/mol. The third-order valence-corrected chi connectivity index (χ3v) is 3.80. The van der Waals surface area contributed by atoms with Gasteiger partial charge in [-0.05, 0) is 28.5 Å². The second kappa shape index (κ2) is 14.4. The van der Waals surface area contributed by atoms with E-state index < -0.39 is 0 Å². The molecule has 0 radical (unpaired) electrons. The summed E-state index contributed by atoms with van der Waals surface area (Å²) in [6, 6.07) is 4.95. The lowest BCUT2D eigenvalue weighted by molar-refractivity contribution is -0.122.